The molecule has 0 aliphatic carbocycles. The maximum absolute atomic E-state index is 12.2. The number of nitro groups is 1. The summed E-state index contributed by atoms with van der Waals surface area (Å²) in [6.07, 6.45) is 12.9. The number of nitrogens with zero attached hydrogens (tertiary/aromatic N) is 3. The number of nitrogens with one attached hydrogen (secondary N) is 1. The van der Waals surface area contributed by atoms with E-state index in [1.807, 2.05) is 0 Å². The lowest BCUT2D eigenvalue weighted by Crippen LogP contribution is -2.30. The van der Waals surface area contributed by atoms with Gasteiger partial charge in [0.2, 0.25) is 0 Å². The average molecular weight is 487 g/mol. The highest BCUT2D eigenvalue weighted by Gasteiger charge is 2.10. The Morgan fingerprint density at radius 1 is 1.03 bits per heavy atom. The van der Waals surface area contributed by atoms with Crippen LogP contribution in [0.2, 0.25) is 0 Å². The molecule has 0 radical (unpaired) electrons. The zero-order chi connectivity index (χ0) is 24.0. The van der Waals surface area contributed by atoms with Gasteiger partial charge < -0.3 is 9.64 Å². The highest BCUT2D eigenvalue weighted by molar-refractivity contribution is 7.16. The fourth-order valence-electron chi connectivity index (χ4n) is 3.95. The predicted octanol–water partition coefficient (Wildman–Crippen LogP) is 5.63. The molecule has 2 heterocycles. The van der Waals surface area contributed by atoms with Gasteiger partial charge in [0.25, 0.3) is 5.91 Å². The topological polar surface area (TPSA) is 97.1 Å². The van der Waals surface area contributed by atoms with Gasteiger partial charge in [-0.15, -0.1) is 0 Å². The third-order valence-electron chi connectivity index (χ3n) is 5.85. The van der Waals surface area contributed by atoms with Crippen LogP contribution in [0.5, 0.6) is 5.75 Å². The minimum absolute atomic E-state index is 0.0339. The summed E-state index contributed by atoms with van der Waals surface area (Å²) in [5.41, 5.74) is 2.89. The van der Waals surface area contributed by atoms with E-state index in [0.717, 1.165) is 23.5 Å². The molecule has 2 aromatic rings. The maximum atomic E-state index is 12.2. The van der Waals surface area contributed by atoms with Crippen molar-refractivity contribution >= 4 is 28.5 Å². The van der Waals surface area contributed by atoms with Crippen molar-refractivity contribution in [3.63, 3.8) is 0 Å². The molecule has 1 aromatic carbocycles. The molecule has 1 fully saturated rings. The molecule has 1 aliphatic rings. The van der Waals surface area contributed by atoms with Crippen molar-refractivity contribution in [1.29, 1.82) is 0 Å². The summed E-state index contributed by atoms with van der Waals surface area (Å²) in [5.74, 6) is 0.390. The normalized spacial score (nSPS) is 14.4. The SMILES string of the molecule is O=C(N/N=C/c1ccc([N+](=O)[O-])s1)c1ccc(OCCCCCCCCN2CCCCC2)cc1. The molecule has 1 amide bonds. The second kappa shape index (κ2) is 14.5. The van der Waals surface area contributed by atoms with Crippen LogP contribution in [0, 0.1) is 10.1 Å². The van der Waals surface area contributed by atoms with Gasteiger partial charge in [0.15, 0.2) is 0 Å². The molecule has 0 bridgehead atoms. The van der Waals surface area contributed by atoms with E-state index < -0.39 is 4.92 Å². The first-order chi connectivity index (χ1) is 16.6. The average Bonchev–Trinajstić information content (AvgIpc) is 3.33. The molecular formula is C25H34N4O4S. The number of carbonyl (C=O) groups excluding carboxylic acids is 1. The van der Waals surface area contributed by atoms with Crippen LogP contribution < -0.4 is 10.2 Å². The lowest BCUT2D eigenvalue weighted by Gasteiger charge is -2.26. The van der Waals surface area contributed by atoms with E-state index in [9.17, 15) is 14.9 Å². The van der Waals surface area contributed by atoms with Crippen LogP contribution in [0.4, 0.5) is 5.00 Å². The monoisotopic (exact) mass is 486 g/mol. The Hall–Kier alpha value is -2.78. The van der Waals surface area contributed by atoms with Gasteiger partial charge in [-0.2, -0.15) is 5.10 Å². The van der Waals surface area contributed by atoms with Crippen molar-refractivity contribution in [3.05, 3.63) is 57.0 Å². The smallest absolute Gasteiger partial charge is 0.324 e. The quantitative estimate of drug-likeness (QED) is 0.162. The molecule has 0 saturated carbocycles. The first-order valence-corrected chi connectivity index (χ1v) is 13.0. The molecule has 0 spiro atoms. The van der Waals surface area contributed by atoms with E-state index in [1.165, 1.54) is 83.3 Å². The van der Waals surface area contributed by atoms with Crippen LogP contribution in [-0.2, 0) is 0 Å². The highest BCUT2D eigenvalue weighted by Crippen LogP contribution is 2.22. The molecular weight excluding hydrogens is 452 g/mol. The number of benzene rings is 1. The van der Waals surface area contributed by atoms with E-state index in [-0.39, 0.29) is 10.9 Å². The van der Waals surface area contributed by atoms with Crippen LogP contribution >= 0.6 is 11.3 Å². The Bertz CT molecular complexity index is 923. The lowest BCUT2D eigenvalue weighted by atomic mass is 10.1. The third-order valence-corrected chi connectivity index (χ3v) is 6.82. The third kappa shape index (κ3) is 9.23. The molecule has 1 aliphatic heterocycles. The van der Waals surface area contributed by atoms with Crippen LogP contribution in [0.25, 0.3) is 0 Å². The molecule has 9 heteroatoms. The van der Waals surface area contributed by atoms with Gasteiger partial charge in [0, 0.05) is 11.6 Å². The summed E-state index contributed by atoms with van der Waals surface area (Å²) in [5, 5.41) is 14.6. The summed E-state index contributed by atoms with van der Waals surface area (Å²) in [7, 11) is 0. The van der Waals surface area contributed by atoms with Gasteiger partial charge >= 0.3 is 5.00 Å². The Labute approximate surface area is 205 Å². The number of hydrogen-bond donors (Lipinski definition) is 1. The van der Waals surface area contributed by atoms with Gasteiger partial charge in [-0.25, -0.2) is 5.43 Å². The molecule has 0 unspecified atom stereocenters. The predicted molar refractivity (Wildman–Crippen MR) is 136 cm³/mol. The van der Waals surface area contributed by atoms with Crippen molar-refractivity contribution in [2.45, 2.75) is 57.8 Å². The number of likely N-dealkylation sites (tertiary alicyclic amines) is 1. The van der Waals surface area contributed by atoms with Crippen LogP contribution in [0.15, 0.2) is 41.5 Å². The van der Waals surface area contributed by atoms with Gasteiger partial charge in [-0.05, 0) is 75.6 Å². The van der Waals surface area contributed by atoms with E-state index >= 15 is 0 Å². The van der Waals surface area contributed by atoms with Crippen molar-refractivity contribution in [2.24, 2.45) is 5.10 Å². The Morgan fingerprint density at radius 3 is 2.44 bits per heavy atom. The molecule has 184 valence electrons. The second-order valence-electron chi connectivity index (χ2n) is 8.53. The standard InChI is InChI=1S/C25H34N4O4S/c30-25(27-26-20-23-14-15-24(34-23)29(31)32)21-10-12-22(13-11-21)33-19-9-4-2-1-3-6-16-28-17-7-5-8-18-28/h10-15,20H,1-9,16-19H2,(H,27,30)/b26-20+. The number of ether oxygens (including phenoxy) is 1. The highest BCUT2D eigenvalue weighted by atomic mass is 32.1. The Balaban J connectivity index is 1.24. The number of hydrogen-bond acceptors (Lipinski definition) is 7. The van der Waals surface area contributed by atoms with E-state index in [1.54, 1.807) is 30.3 Å². The van der Waals surface area contributed by atoms with Crippen molar-refractivity contribution in [1.82, 2.24) is 10.3 Å². The first kappa shape index (κ1) is 25.8. The number of piperidine rings is 1. The fraction of sp³-hybridized carbons (Fsp3) is 0.520. The Morgan fingerprint density at radius 2 is 1.74 bits per heavy atom. The summed E-state index contributed by atoms with van der Waals surface area (Å²) < 4.78 is 5.79. The van der Waals surface area contributed by atoms with Crippen molar-refractivity contribution in [3.8, 4) is 5.75 Å². The molecule has 1 N–H and O–H groups in total. The zero-order valence-electron chi connectivity index (χ0n) is 19.6. The van der Waals surface area contributed by atoms with Gasteiger partial charge in [0.1, 0.15) is 5.75 Å². The van der Waals surface area contributed by atoms with Crippen LogP contribution in [0.1, 0.15) is 73.0 Å². The molecule has 1 aromatic heterocycles. The largest absolute Gasteiger partial charge is 0.494 e. The second-order valence-corrected chi connectivity index (χ2v) is 9.62. The minimum atomic E-state index is -0.456. The molecule has 34 heavy (non-hydrogen) atoms. The molecule has 1 saturated heterocycles. The lowest BCUT2D eigenvalue weighted by molar-refractivity contribution is -0.380. The van der Waals surface area contributed by atoms with Crippen molar-refractivity contribution in [2.75, 3.05) is 26.2 Å². The number of unbranched alkanes of at least 4 members (excludes halogenated alkanes) is 5. The van der Waals surface area contributed by atoms with Gasteiger partial charge in [-0.3, -0.25) is 14.9 Å². The first-order valence-electron chi connectivity index (χ1n) is 12.1. The van der Waals surface area contributed by atoms with Crippen LogP contribution in [-0.4, -0.2) is 48.2 Å². The van der Waals surface area contributed by atoms with Crippen LogP contribution in [0.3, 0.4) is 0 Å². The summed E-state index contributed by atoms with van der Waals surface area (Å²) in [6, 6.07) is 9.94. The fourth-order valence-corrected chi connectivity index (χ4v) is 4.64. The molecule has 0 atom stereocenters. The number of hydrazone groups is 1. The van der Waals surface area contributed by atoms with Crippen molar-refractivity contribution < 1.29 is 14.5 Å². The van der Waals surface area contributed by atoms with E-state index in [2.05, 4.69) is 15.4 Å². The molecule has 8 nitrogen and oxygen atoms in total. The van der Waals surface area contributed by atoms with Gasteiger partial charge in [-0.1, -0.05) is 43.4 Å². The number of thiophene rings is 1. The molecule has 3 rings (SSSR count). The van der Waals surface area contributed by atoms with Gasteiger partial charge in [0.05, 0.1) is 22.6 Å². The van der Waals surface area contributed by atoms with E-state index in [4.69, 9.17) is 4.74 Å². The zero-order valence-corrected chi connectivity index (χ0v) is 20.4. The summed E-state index contributed by atoms with van der Waals surface area (Å²) >= 11 is 0.993. The van der Waals surface area contributed by atoms with E-state index in [0.29, 0.717) is 17.0 Å². The maximum Gasteiger partial charge on any atom is 0.324 e. The number of carbonyl (C=O) groups is 1. The summed E-state index contributed by atoms with van der Waals surface area (Å²) in [6.45, 7) is 4.53. The number of rotatable bonds is 14. The Kier molecular flexibility index (Phi) is 11.0. The summed E-state index contributed by atoms with van der Waals surface area (Å²) in [4.78, 5) is 25.6. The number of amides is 1. The minimum Gasteiger partial charge on any atom is -0.494 e.